The Balaban J connectivity index is 1.38. The molecule has 0 bridgehead atoms. The topological polar surface area (TPSA) is 112 Å². The number of carbonyl (C=O) groups excluding carboxylic acids is 4. The van der Waals surface area contributed by atoms with Crippen molar-refractivity contribution in [1.29, 1.82) is 0 Å². The van der Waals surface area contributed by atoms with Crippen molar-refractivity contribution in [2.45, 2.75) is 25.2 Å². The largest absolute Gasteiger partial charge is 0.508 e. The average Bonchev–Trinajstić information content (AvgIpc) is 3.15. The number of rotatable bonds is 4. The molecule has 2 N–H and O–H groups in total. The van der Waals surface area contributed by atoms with Crippen LogP contribution < -0.4 is 0 Å². The Morgan fingerprint density at radius 1 is 0.921 bits per heavy atom. The van der Waals surface area contributed by atoms with Crippen LogP contribution in [0.1, 0.15) is 29.9 Å². The van der Waals surface area contributed by atoms with Crippen LogP contribution in [0.4, 0.5) is 0 Å². The van der Waals surface area contributed by atoms with Gasteiger partial charge >= 0.3 is 0 Å². The minimum absolute atomic E-state index is 0.00578. The highest BCUT2D eigenvalue weighted by Crippen LogP contribution is 2.56. The van der Waals surface area contributed by atoms with Crippen LogP contribution in [0, 0.1) is 17.8 Å². The van der Waals surface area contributed by atoms with Gasteiger partial charge in [-0.25, -0.2) is 0 Å². The molecule has 4 unspecified atom stereocenters. The first-order valence-electron chi connectivity index (χ1n) is 12.6. The molecule has 4 atom stereocenters. The molecule has 0 spiro atoms. The third-order valence-corrected chi connectivity index (χ3v) is 8.82. The first-order chi connectivity index (χ1) is 18.3. The molecule has 2 aromatic carbocycles. The van der Waals surface area contributed by atoms with Crippen LogP contribution in [-0.2, 0) is 25.6 Å². The first kappa shape index (κ1) is 24.6. The molecule has 8 heteroatoms. The summed E-state index contributed by atoms with van der Waals surface area (Å²) in [5.74, 6) is -3.23. The van der Waals surface area contributed by atoms with E-state index in [-0.39, 0.29) is 52.3 Å². The van der Waals surface area contributed by atoms with Gasteiger partial charge in [-0.2, -0.15) is 0 Å². The van der Waals surface area contributed by atoms with Crippen molar-refractivity contribution >= 4 is 39.3 Å². The molecule has 1 fully saturated rings. The standard InChI is InChI=1S/C30H24BrNO6/c31-22-14-24(35)27-21(28(22)36)13-20-17(25(27)18-3-1-2-4-23(18)34)9-10-19-26(20)30(38)32(29(19)37)12-11-15-5-7-16(33)8-6-15/h1-9,14,19-20,25-26,33-34H,10-13H2. The molecule has 2 aromatic rings. The average molecular weight is 574 g/mol. The summed E-state index contributed by atoms with van der Waals surface area (Å²) in [4.78, 5) is 54.9. The summed E-state index contributed by atoms with van der Waals surface area (Å²) in [6.07, 6.45) is 4.21. The molecule has 6 rings (SSSR count). The number of phenols is 2. The van der Waals surface area contributed by atoms with E-state index in [9.17, 15) is 29.4 Å². The normalized spacial score (nSPS) is 26.6. The van der Waals surface area contributed by atoms with Crippen LogP contribution in [0.15, 0.2) is 81.9 Å². The molecular weight excluding hydrogens is 550 g/mol. The Bertz CT molecular complexity index is 1500. The minimum atomic E-state index is -0.673. The smallest absolute Gasteiger partial charge is 0.233 e. The van der Waals surface area contributed by atoms with Crippen LogP contribution >= 0.6 is 15.9 Å². The number of halogens is 1. The predicted molar refractivity (Wildman–Crippen MR) is 141 cm³/mol. The van der Waals surface area contributed by atoms with Crippen LogP contribution in [0.25, 0.3) is 0 Å². The summed E-state index contributed by atoms with van der Waals surface area (Å²) in [7, 11) is 0. The quantitative estimate of drug-likeness (QED) is 0.323. The summed E-state index contributed by atoms with van der Waals surface area (Å²) in [5.41, 5.74) is 2.88. The third kappa shape index (κ3) is 3.77. The molecule has 7 nitrogen and oxygen atoms in total. The highest BCUT2D eigenvalue weighted by molar-refractivity contribution is 9.12. The Kier molecular flexibility index (Phi) is 5.94. The van der Waals surface area contributed by atoms with Gasteiger partial charge in [-0.15, -0.1) is 0 Å². The number of amides is 2. The summed E-state index contributed by atoms with van der Waals surface area (Å²) in [6, 6.07) is 13.4. The van der Waals surface area contributed by atoms with Crippen LogP contribution in [-0.4, -0.2) is 45.0 Å². The van der Waals surface area contributed by atoms with Gasteiger partial charge in [0.25, 0.3) is 0 Å². The zero-order valence-corrected chi connectivity index (χ0v) is 21.8. The Morgan fingerprint density at radius 2 is 1.66 bits per heavy atom. The SMILES string of the molecule is O=C1C=C(Br)C(=O)C2=C1C(c1ccccc1O)C1=CCC3C(=O)N(CCc4ccc(O)cc4)C(=O)C3C1C2. The molecular formula is C30H24BrNO6. The number of para-hydroxylation sites is 1. The lowest BCUT2D eigenvalue weighted by Crippen LogP contribution is -2.39. The molecule has 0 radical (unpaired) electrons. The molecule has 0 saturated carbocycles. The number of hydrogen-bond donors (Lipinski definition) is 2. The van der Waals surface area contributed by atoms with E-state index in [0.29, 0.717) is 29.6 Å². The second kappa shape index (κ2) is 9.20. The molecule has 2 amide bonds. The zero-order valence-electron chi connectivity index (χ0n) is 20.3. The maximum Gasteiger partial charge on any atom is 0.233 e. The lowest BCUT2D eigenvalue weighted by molar-refractivity contribution is -0.140. The second-order valence-electron chi connectivity index (χ2n) is 10.2. The lowest BCUT2D eigenvalue weighted by atomic mass is 9.59. The van der Waals surface area contributed by atoms with Crippen molar-refractivity contribution in [2.75, 3.05) is 6.54 Å². The number of likely N-dealkylation sites (tertiary alicyclic amines) is 1. The summed E-state index contributed by atoms with van der Waals surface area (Å²) in [6.45, 7) is 0.222. The van der Waals surface area contributed by atoms with Crippen molar-refractivity contribution in [3.63, 3.8) is 0 Å². The van der Waals surface area contributed by atoms with Gasteiger partial charge in [-0.05, 0) is 64.9 Å². The molecule has 0 aromatic heterocycles. The van der Waals surface area contributed by atoms with E-state index in [1.807, 2.05) is 6.08 Å². The van der Waals surface area contributed by atoms with E-state index in [0.717, 1.165) is 11.1 Å². The van der Waals surface area contributed by atoms with Crippen molar-refractivity contribution in [1.82, 2.24) is 4.90 Å². The summed E-state index contributed by atoms with van der Waals surface area (Å²) >= 11 is 3.22. The number of benzene rings is 2. The highest BCUT2D eigenvalue weighted by atomic mass is 79.9. The number of phenolic OH excluding ortho intramolecular Hbond substituents is 2. The van der Waals surface area contributed by atoms with Gasteiger partial charge < -0.3 is 10.2 Å². The van der Waals surface area contributed by atoms with Crippen LogP contribution in [0.3, 0.4) is 0 Å². The Labute approximate surface area is 227 Å². The van der Waals surface area contributed by atoms with Gasteiger partial charge in [0.2, 0.25) is 11.8 Å². The first-order valence-corrected chi connectivity index (χ1v) is 13.4. The number of hydrogen-bond acceptors (Lipinski definition) is 6. The van der Waals surface area contributed by atoms with E-state index in [1.54, 1.807) is 48.5 Å². The van der Waals surface area contributed by atoms with Crippen molar-refractivity contribution < 1.29 is 29.4 Å². The van der Waals surface area contributed by atoms with Gasteiger partial charge in [0.15, 0.2) is 11.6 Å². The van der Waals surface area contributed by atoms with Crippen molar-refractivity contribution in [3.05, 3.63) is 93.0 Å². The molecule has 38 heavy (non-hydrogen) atoms. The summed E-state index contributed by atoms with van der Waals surface area (Å²) < 4.78 is 0.168. The molecule has 1 saturated heterocycles. The number of imide groups is 1. The molecule has 1 heterocycles. The number of Topliss-reactive ketones (excluding diaryl/α,β-unsaturated/α-hetero) is 1. The van der Waals surface area contributed by atoms with Gasteiger partial charge in [0, 0.05) is 35.2 Å². The minimum Gasteiger partial charge on any atom is -0.508 e. The zero-order chi connectivity index (χ0) is 26.7. The monoisotopic (exact) mass is 573 g/mol. The molecule has 4 aliphatic rings. The van der Waals surface area contributed by atoms with Crippen molar-refractivity contribution in [3.8, 4) is 11.5 Å². The second-order valence-corrected chi connectivity index (χ2v) is 11.1. The van der Waals surface area contributed by atoms with E-state index in [1.165, 1.54) is 11.0 Å². The van der Waals surface area contributed by atoms with Crippen LogP contribution in [0.5, 0.6) is 11.5 Å². The number of nitrogens with zero attached hydrogens (tertiary/aromatic N) is 1. The maximum atomic E-state index is 13.8. The fourth-order valence-electron chi connectivity index (χ4n) is 6.48. The lowest BCUT2D eigenvalue weighted by Gasteiger charge is -2.42. The van der Waals surface area contributed by atoms with E-state index in [4.69, 9.17) is 0 Å². The number of ketones is 2. The Hall–Kier alpha value is -3.78. The number of aromatic hydroxyl groups is 2. The van der Waals surface area contributed by atoms with Gasteiger partial charge in [-0.1, -0.05) is 42.0 Å². The number of allylic oxidation sites excluding steroid dienone is 6. The van der Waals surface area contributed by atoms with E-state index < -0.39 is 23.7 Å². The van der Waals surface area contributed by atoms with Gasteiger partial charge in [0.05, 0.1) is 16.3 Å². The predicted octanol–water partition coefficient (Wildman–Crippen LogP) is 4.10. The van der Waals surface area contributed by atoms with Crippen LogP contribution in [0.2, 0.25) is 0 Å². The maximum absolute atomic E-state index is 13.8. The van der Waals surface area contributed by atoms with E-state index >= 15 is 0 Å². The number of carbonyl (C=O) groups is 4. The summed E-state index contributed by atoms with van der Waals surface area (Å²) in [5, 5.41) is 20.3. The number of fused-ring (bicyclic) bond motifs is 3. The van der Waals surface area contributed by atoms with Crippen molar-refractivity contribution in [2.24, 2.45) is 17.8 Å². The highest BCUT2D eigenvalue weighted by Gasteiger charge is 2.56. The fraction of sp³-hybridized carbons (Fsp3) is 0.267. The third-order valence-electron chi connectivity index (χ3n) is 8.23. The van der Waals surface area contributed by atoms with Gasteiger partial charge in [0.1, 0.15) is 11.5 Å². The fourth-order valence-corrected chi connectivity index (χ4v) is 6.93. The molecule has 192 valence electrons. The molecule has 3 aliphatic carbocycles. The molecule has 1 aliphatic heterocycles. The van der Waals surface area contributed by atoms with Gasteiger partial charge in [-0.3, -0.25) is 24.1 Å². The van der Waals surface area contributed by atoms with E-state index in [2.05, 4.69) is 15.9 Å². The Morgan fingerprint density at radius 3 is 2.39 bits per heavy atom.